The van der Waals surface area contributed by atoms with E-state index in [1.807, 2.05) is 25.5 Å². The van der Waals surface area contributed by atoms with Gasteiger partial charge in [0.15, 0.2) is 5.82 Å². The number of halogens is 1. The molecule has 90 valence electrons. The first kappa shape index (κ1) is 11.6. The summed E-state index contributed by atoms with van der Waals surface area (Å²) in [5, 5.41) is 7.90. The smallest absolute Gasteiger partial charge is 0.170 e. The van der Waals surface area contributed by atoms with Crippen LogP contribution in [-0.2, 0) is 13.7 Å². The van der Waals surface area contributed by atoms with Gasteiger partial charge in [0.25, 0.3) is 0 Å². The highest BCUT2D eigenvalue weighted by Crippen LogP contribution is 2.19. The van der Waals surface area contributed by atoms with Crippen molar-refractivity contribution in [2.24, 2.45) is 7.05 Å². The van der Waals surface area contributed by atoms with Crippen molar-refractivity contribution in [3.8, 4) is 5.75 Å². The Kier molecular flexibility index (Phi) is 3.08. The van der Waals surface area contributed by atoms with Crippen molar-refractivity contribution in [2.75, 3.05) is 0 Å². The van der Waals surface area contributed by atoms with Crippen molar-refractivity contribution in [2.45, 2.75) is 20.5 Å². The number of hydrogen-bond acceptors (Lipinski definition) is 3. The van der Waals surface area contributed by atoms with Gasteiger partial charge in [-0.25, -0.2) is 4.39 Å². The van der Waals surface area contributed by atoms with Crippen LogP contribution in [0.25, 0.3) is 0 Å². The lowest BCUT2D eigenvalue weighted by atomic mass is 10.2. The lowest BCUT2D eigenvalue weighted by Gasteiger charge is -2.08. The van der Waals surface area contributed by atoms with E-state index < -0.39 is 0 Å². The molecule has 2 aromatic rings. The van der Waals surface area contributed by atoms with E-state index in [1.54, 1.807) is 6.07 Å². The van der Waals surface area contributed by atoms with Crippen molar-refractivity contribution in [1.29, 1.82) is 0 Å². The Hall–Kier alpha value is -1.91. The molecule has 0 bridgehead atoms. The zero-order chi connectivity index (χ0) is 12.4. The quantitative estimate of drug-likeness (QED) is 0.818. The fourth-order valence-electron chi connectivity index (χ4n) is 1.45. The van der Waals surface area contributed by atoms with Gasteiger partial charge in [0.05, 0.1) is 0 Å². The van der Waals surface area contributed by atoms with Crippen molar-refractivity contribution in [3.05, 3.63) is 41.2 Å². The van der Waals surface area contributed by atoms with E-state index in [2.05, 4.69) is 10.2 Å². The maximum Gasteiger partial charge on any atom is 0.170 e. The third-order valence-corrected chi connectivity index (χ3v) is 2.69. The Morgan fingerprint density at radius 3 is 2.71 bits per heavy atom. The number of rotatable bonds is 3. The molecule has 0 amide bonds. The summed E-state index contributed by atoms with van der Waals surface area (Å²) in [6, 6.07) is 4.47. The molecule has 0 N–H and O–H groups in total. The average molecular weight is 235 g/mol. The fourth-order valence-corrected chi connectivity index (χ4v) is 1.45. The van der Waals surface area contributed by atoms with Crippen molar-refractivity contribution < 1.29 is 9.13 Å². The molecule has 0 fully saturated rings. The molecule has 0 saturated heterocycles. The number of hydrogen-bond donors (Lipinski definition) is 0. The molecule has 4 nitrogen and oxygen atoms in total. The second-order valence-corrected chi connectivity index (χ2v) is 3.92. The highest BCUT2D eigenvalue weighted by atomic mass is 19.1. The minimum Gasteiger partial charge on any atom is -0.485 e. The van der Waals surface area contributed by atoms with Crippen LogP contribution < -0.4 is 4.74 Å². The van der Waals surface area contributed by atoms with Gasteiger partial charge in [-0.15, -0.1) is 10.2 Å². The predicted octanol–water partition coefficient (Wildman–Crippen LogP) is 2.15. The molecule has 17 heavy (non-hydrogen) atoms. The molecule has 0 radical (unpaired) electrons. The van der Waals surface area contributed by atoms with E-state index in [4.69, 9.17) is 4.74 Å². The van der Waals surface area contributed by atoms with Crippen LogP contribution in [0, 0.1) is 19.7 Å². The first-order valence-corrected chi connectivity index (χ1v) is 5.32. The molecule has 5 heteroatoms. The lowest BCUT2D eigenvalue weighted by Crippen LogP contribution is -2.05. The molecule has 0 saturated carbocycles. The maximum atomic E-state index is 13.0. The fraction of sp³-hybridized carbons (Fsp3) is 0.333. The first-order chi connectivity index (χ1) is 8.08. The number of aromatic nitrogens is 3. The van der Waals surface area contributed by atoms with E-state index >= 15 is 0 Å². The number of ether oxygens (including phenoxy) is 1. The minimum absolute atomic E-state index is 0.279. The van der Waals surface area contributed by atoms with Crippen molar-refractivity contribution in [3.63, 3.8) is 0 Å². The molecule has 0 spiro atoms. The monoisotopic (exact) mass is 235 g/mol. The molecule has 0 aliphatic carbocycles. The zero-order valence-corrected chi connectivity index (χ0v) is 10.1. The van der Waals surface area contributed by atoms with E-state index in [1.165, 1.54) is 12.1 Å². The molecular weight excluding hydrogens is 221 g/mol. The third-order valence-electron chi connectivity index (χ3n) is 2.69. The Bertz CT molecular complexity index is 537. The van der Waals surface area contributed by atoms with Gasteiger partial charge in [0, 0.05) is 13.1 Å². The van der Waals surface area contributed by atoms with Gasteiger partial charge < -0.3 is 9.30 Å². The Labute approximate surface area is 99.1 Å². The third kappa shape index (κ3) is 2.43. The Morgan fingerprint density at radius 2 is 2.06 bits per heavy atom. The Balaban J connectivity index is 2.12. The molecule has 0 atom stereocenters. The number of nitrogens with zero attached hydrogens (tertiary/aromatic N) is 3. The minimum atomic E-state index is -0.306. The Morgan fingerprint density at radius 1 is 1.29 bits per heavy atom. The summed E-state index contributed by atoms with van der Waals surface area (Å²) >= 11 is 0. The second kappa shape index (κ2) is 4.53. The van der Waals surface area contributed by atoms with Crippen LogP contribution in [0.2, 0.25) is 0 Å². The highest BCUT2D eigenvalue weighted by Gasteiger charge is 2.07. The molecule has 0 aliphatic heterocycles. The highest BCUT2D eigenvalue weighted by molar-refractivity contribution is 5.32. The van der Waals surface area contributed by atoms with Gasteiger partial charge in [-0.2, -0.15) is 0 Å². The van der Waals surface area contributed by atoms with Crippen molar-refractivity contribution in [1.82, 2.24) is 14.8 Å². The van der Waals surface area contributed by atoms with Crippen LogP contribution in [0.5, 0.6) is 5.75 Å². The van der Waals surface area contributed by atoms with E-state index in [-0.39, 0.29) is 12.4 Å². The maximum absolute atomic E-state index is 13.0. The van der Waals surface area contributed by atoms with E-state index in [9.17, 15) is 4.39 Å². The van der Waals surface area contributed by atoms with E-state index in [0.717, 1.165) is 11.4 Å². The summed E-state index contributed by atoms with van der Waals surface area (Å²) in [6.07, 6.45) is 0. The zero-order valence-electron chi connectivity index (χ0n) is 10.1. The first-order valence-electron chi connectivity index (χ1n) is 5.32. The molecule has 1 heterocycles. The topological polar surface area (TPSA) is 39.9 Å². The van der Waals surface area contributed by atoms with Crippen LogP contribution in [0.3, 0.4) is 0 Å². The molecule has 0 unspecified atom stereocenters. The molecule has 0 aliphatic rings. The molecule has 2 rings (SSSR count). The van der Waals surface area contributed by atoms with Crippen LogP contribution in [0.1, 0.15) is 17.2 Å². The van der Waals surface area contributed by atoms with Gasteiger partial charge in [-0.1, -0.05) is 6.07 Å². The predicted molar refractivity (Wildman–Crippen MR) is 61.2 cm³/mol. The van der Waals surface area contributed by atoms with Crippen LogP contribution in [0.4, 0.5) is 4.39 Å². The standard InChI is InChI=1S/C12H14FN3O/c1-8-4-5-10(13)6-11(8)17-7-12-15-14-9(2)16(12)3/h4-6H,7H2,1-3H3. The normalized spacial score (nSPS) is 10.6. The summed E-state index contributed by atoms with van der Waals surface area (Å²) in [6.45, 7) is 4.02. The summed E-state index contributed by atoms with van der Waals surface area (Å²) in [5.41, 5.74) is 0.894. The average Bonchev–Trinajstić information content (AvgIpc) is 2.62. The largest absolute Gasteiger partial charge is 0.485 e. The number of aryl methyl sites for hydroxylation is 2. The summed E-state index contributed by atoms with van der Waals surface area (Å²) in [7, 11) is 1.87. The summed E-state index contributed by atoms with van der Waals surface area (Å²) in [4.78, 5) is 0. The van der Waals surface area contributed by atoms with Crippen LogP contribution >= 0.6 is 0 Å². The van der Waals surface area contributed by atoms with Gasteiger partial charge in [-0.05, 0) is 25.5 Å². The molecular formula is C12H14FN3O. The molecule has 1 aromatic carbocycles. The SMILES string of the molecule is Cc1ccc(F)cc1OCc1nnc(C)n1C. The second-order valence-electron chi connectivity index (χ2n) is 3.92. The molecule has 1 aromatic heterocycles. The van der Waals surface area contributed by atoms with Crippen LogP contribution in [-0.4, -0.2) is 14.8 Å². The van der Waals surface area contributed by atoms with Gasteiger partial charge in [0.2, 0.25) is 0 Å². The van der Waals surface area contributed by atoms with Gasteiger partial charge >= 0.3 is 0 Å². The van der Waals surface area contributed by atoms with Crippen LogP contribution in [0.15, 0.2) is 18.2 Å². The van der Waals surface area contributed by atoms with E-state index in [0.29, 0.717) is 11.6 Å². The lowest BCUT2D eigenvalue weighted by molar-refractivity contribution is 0.287. The summed E-state index contributed by atoms with van der Waals surface area (Å²) < 4.78 is 20.4. The van der Waals surface area contributed by atoms with Gasteiger partial charge in [0.1, 0.15) is 24.0 Å². The van der Waals surface area contributed by atoms with Crippen molar-refractivity contribution >= 4 is 0 Å². The number of benzene rings is 1. The summed E-state index contributed by atoms with van der Waals surface area (Å²) in [5.74, 6) is 1.76. The van der Waals surface area contributed by atoms with Gasteiger partial charge in [-0.3, -0.25) is 0 Å².